The van der Waals surface area contributed by atoms with Crippen LogP contribution in [0.5, 0.6) is 0 Å². The lowest BCUT2D eigenvalue weighted by atomic mass is 9.86. The zero-order valence-corrected chi connectivity index (χ0v) is 23.2. The molecule has 0 aliphatic carbocycles. The summed E-state index contributed by atoms with van der Waals surface area (Å²) in [5, 5.41) is 12.7. The molecular formula is C29H40ClNO6. The topological polar surface area (TPSA) is 94.1 Å². The second-order valence-corrected chi connectivity index (χ2v) is 10.6. The van der Waals surface area contributed by atoms with E-state index in [2.05, 4.69) is 5.32 Å². The van der Waals surface area contributed by atoms with Gasteiger partial charge in [-0.25, -0.2) is 4.79 Å². The number of ether oxygens (including phenoxy) is 3. The Kier molecular flexibility index (Phi) is 12.4. The normalized spacial score (nSPS) is 13.9. The number of alkyl carbamates (subject to hydrolysis) is 1. The zero-order chi connectivity index (χ0) is 27.4. The van der Waals surface area contributed by atoms with Gasteiger partial charge in [-0.15, -0.1) is 0 Å². The standard InChI is InChI=1S/C29H40ClNO6/c1-6-36-27(33)26(19-35-15-14-32)20(2)16-25(31-28(34)37-29(3,4)5)17-21-10-12-22(13-11-21)23-8-7-9-24(30)18-23/h7-13,18,20,25-26,32H,6,14-17,19H2,1-5H3,(H,31,34). The average molecular weight is 534 g/mol. The number of nitrogens with one attached hydrogen (secondary N) is 1. The van der Waals surface area contributed by atoms with Crippen LogP contribution in [0.2, 0.25) is 5.02 Å². The number of amides is 1. The zero-order valence-electron chi connectivity index (χ0n) is 22.5. The lowest BCUT2D eigenvalue weighted by molar-refractivity contribution is -0.152. The highest BCUT2D eigenvalue weighted by molar-refractivity contribution is 6.30. The first-order chi connectivity index (χ1) is 17.5. The summed E-state index contributed by atoms with van der Waals surface area (Å²) in [6, 6.07) is 15.5. The number of carbonyl (C=O) groups excluding carboxylic acids is 2. The molecule has 0 radical (unpaired) electrons. The maximum Gasteiger partial charge on any atom is 0.407 e. The molecule has 0 saturated carbocycles. The quantitative estimate of drug-likeness (QED) is 0.255. The summed E-state index contributed by atoms with van der Waals surface area (Å²) < 4.78 is 16.2. The summed E-state index contributed by atoms with van der Waals surface area (Å²) in [5.41, 5.74) is 2.46. The van der Waals surface area contributed by atoms with Crippen molar-refractivity contribution in [1.82, 2.24) is 5.32 Å². The Morgan fingerprint density at radius 3 is 2.38 bits per heavy atom. The minimum atomic E-state index is -0.634. The van der Waals surface area contributed by atoms with Gasteiger partial charge in [0, 0.05) is 11.1 Å². The molecule has 3 unspecified atom stereocenters. The molecule has 0 bridgehead atoms. The minimum Gasteiger partial charge on any atom is -0.466 e. The van der Waals surface area contributed by atoms with Crippen molar-refractivity contribution in [2.24, 2.45) is 11.8 Å². The molecule has 7 nitrogen and oxygen atoms in total. The number of hydrogen-bond donors (Lipinski definition) is 2. The third-order valence-corrected chi connectivity index (χ3v) is 6.02. The first-order valence-electron chi connectivity index (χ1n) is 12.7. The van der Waals surface area contributed by atoms with E-state index < -0.39 is 17.6 Å². The highest BCUT2D eigenvalue weighted by Crippen LogP contribution is 2.25. The van der Waals surface area contributed by atoms with E-state index in [1.54, 1.807) is 6.92 Å². The Bertz CT molecular complexity index is 989. The molecule has 37 heavy (non-hydrogen) atoms. The van der Waals surface area contributed by atoms with Crippen LogP contribution in [-0.2, 0) is 25.4 Å². The molecule has 0 saturated heterocycles. The smallest absolute Gasteiger partial charge is 0.407 e. The molecule has 0 spiro atoms. The van der Waals surface area contributed by atoms with Crippen molar-refractivity contribution in [2.75, 3.05) is 26.4 Å². The van der Waals surface area contributed by atoms with E-state index in [4.69, 9.17) is 30.9 Å². The number of aliphatic hydroxyl groups is 1. The molecule has 2 aromatic carbocycles. The lowest BCUT2D eigenvalue weighted by Gasteiger charge is -2.28. The summed E-state index contributed by atoms with van der Waals surface area (Å²) in [6.07, 6.45) is 0.540. The molecule has 0 aliphatic heterocycles. The van der Waals surface area contributed by atoms with Gasteiger partial charge in [-0.2, -0.15) is 0 Å². The number of carbonyl (C=O) groups is 2. The Labute approximate surface area is 225 Å². The fraction of sp³-hybridized carbons (Fsp3) is 0.517. The molecular weight excluding hydrogens is 494 g/mol. The van der Waals surface area contributed by atoms with Gasteiger partial charge in [0.25, 0.3) is 0 Å². The van der Waals surface area contributed by atoms with Gasteiger partial charge in [0.2, 0.25) is 0 Å². The third kappa shape index (κ3) is 11.1. The largest absolute Gasteiger partial charge is 0.466 e. The van der Waals surface area contributed by atoms with E-state index in [0.717, 1.165) is 16.7 Å². The first-order valence-corrected chi connectivity index (χ1v) is 13.1. The van der Waals surface area contributed by atoms with E-state index in [1.165, 1.54) is 0 Å². The summed E-state index contributed by atoms with van der Waals surface area (Å²) >= 11 is 6.14. The number of hydrogen-bond acceptors (Lipinski definition) is 6. The van der Waals surface area contributed by atoms with Crippen LogP contribution in [0.1, 0.15) is 46.6 Å². The Morgan fingerprint density at radius 2 is 1.78 bits per heavy atom. The predicted octanol–water partition coefficient (Wildman–Crippen LogP) is 5.66. The maximum atomic E-state index is 12.6. The van der Waals surface area contributed by atoms with Crippen molar-refractivity contribution >= 4 is 23.7 Å². The van der Waals surface area contributed by atoms with Crippen LogP contribution in [0.15, 0.2) is 48.5 Å². The van der Waals surface area contributed by atoms with Crippen molar-refractivity contribution < 1.29 is 28.9 Å². The monoisotopic (exact) mass is 533 g/mol. The molecule has 0 heterocycles. The fourth-order valence-electron chi connectivity index (χ4n) is 4.06. The molecule has 8 heteroatoms. The third-order valence-electron chi connectivity index (χ3n) is 5.78. The van der Waals surface area contributed by atoms with E-state index in [1.807, 2.05) is 76.2 Å². The van der Waals surface area contributed by atoms with E-state index >= 15 is 0 Å². The van der Waals surface area contributed by atoms with Gasteiger partial charge >= 0.3 is 12.1 Å². The molecule has 3 atom stereocenters. The summed E-state index contributed by atoms with van der Waals surface area (Å²) in [4.78, 5) is 25.3. The Morgan fingerprint density at radius 1 is 1.08 bits per heavy atom. The van der Waals surface area contributed by atoms with Crippen molar-refractivity contribution in [3.63, 3.8) is 0 Å². The first kappa shape index (κ1) is 30.6. The Hall–Kier alpha value is -2.61. The van der Waals surface area contributed by atoms with Crippen molar-refractivity contribution in [2.45, 2.75) is 59.1 Å². The molecule has 2 rings (SSSR count). The highest BCUT2D eigenvalue weighted by atomic mass is 35.5. The molecule has 2 N–H and O–H groups in total. The molecule has 0 aromatic heterocycles. The number of esters is 1. The van der Waals surface area contributed by atoms with Crippen LogP contribution in [0.25, 0.3) is 11.1 Å². The van der Waals surface area contributed by atoms with Gasteiger partial charge < -0.3 is 24.6 Å². The van der Waals surface area contributed by atoms with Crippen LogP contribution >= 0.6 is 11.6 Å². The van der Waals surface area contributed by atoms with Gasteiger partial charge in [-0.1, -0.05) is 54.9 Å². The van der Waals surface area contributed by atoms with Crippen LogP contribution in [-0.4, -0.2) is 55.2 Å². The molecule has 0 fully saturated rings. The van der Waals surface area contributed by atoms with Crippen molar-refractivity contribution in [1.29, 1.82) is 0 Å². The van der Waals surface area contributed by atoms with Crippen LogP contribution < -0.4 is 5.32 Å². The van der Waals surface area contributed by atoms with E-state index in [-0.39, 0.29) is 44.4 Å². The number of rotatable bonds is 13. The van der Waals surface area contributed by atoms with Crippen LogP contribution in [0.3, 0.4) is 0 Å². The van der Waals surface area contributed by atoms with Gasteiger partial charge in [-0.05, 0) is 75.3 Å². The molecule has 1 amide bonds. The molecule has 2 aromatic rings. The second-order valence-electron chi connectivity index (χ2n) is 10.1. The Balaban J connectivity index is 2.20. The van der Waals surface area contributed by atoms with Gasteiger partial charge in [0.15, 0.2) is 0 Å². The second kappa shape index (κ2) is 15.0. The summed E-state index contributed by atoms with van der Waals surface area (Å²) in [6.45, 7) is 9.55. The number of halogens is 1. The van der Waals surface area contributed by atoms with Crippen molar-refractivity contribution in [3.8, 4) is 11.1 Å². The van der Waals surface area contributed by atoms with Gasteiger partial charge in [-0.3, -0.25) is 4.79 Å². The van der Waals surface area contributed by atoms with Crippen molar-refractivity contribution in [3.05, 3.63) is 59.1 Å². The van der Waals surface area contributed by atoms with E-state index in [9.17, 15) is 9.59 Å². The molecule has 0 aliphatic rings. The van der Waals surface area contributed by atoms with Crippen LogP contribution in [0, 0.1) is 11.8 Å². The molecule has 204 valence electrons. The summed E-state index contributed by atoms with van der Waals surface area (Å²) in [5.74, 6) is -1.04. The SMILES string of the molecule is CCOC(=O)C(COCCO)C(C)CC(Cc1ccc(-c2cccc(Cl)c2)cc1)NC(=O)OC(C)(C)C. The lowest BCUT2D eigenvalue weighted by Crippen LogP contribution is -2.42. The number of aliphatic hydroxyl groups excluding tert-OH is 1. The average Bonchev–Trinajstić information content (AvgIpc) is 2.81. The van der Waals surface area contributed by atoms with Gasteiger partial charge in [0.05, 0.1) is 32.3 Å². The van der Waals surface area contributed by atoms with Crippen LogP contribution in [0.4, 0.5) is 4.79 Å². The maximum absolute atomic E-state index is 12.6. The number of benzene rings is 2. The van der Waals surface area contributed by atoms with E-state index in [0.29, 0.717) is 17.9 Å². The fourth-order valence-corrected chi connectivity index (χ4v) is 4.25. The highest BCUT2D eigenvalue weighted by Gasteiger charge is 2.30. The summed E-state index contributed by atoms with van der Waals surface area (Å²) in [7, 11) is 0. The van der Waals surface area contributed by atoms with Gasteiger partial charge in [0.1, 0.15) is 5.60 Å². The minimum absolute atomic E-state index is 0.127. The predicted molar refractivity (Wildman–Crippen MR) is 146 cm³/mol.